The predicted octanol–water partition coefficient (Wildman–Crippen LogP) is 4.77. The summed E-state index contributed by atoms with van der Waals surface area (Å²) in [5.74, 6) is 0. The minimum absolute atomic E-state index is 0.723. The molecule has 0 radical (unpaired) electrons. The fraction of sp³-hybridized carbons (Fsp3) is 0.625. The van der Waals surface area contributed by atoms with Gasteiger partial charge in [0.2, 0.25) is 0 Å². The molecular weight excluding hydrogens is 206 g/mol. The average Bonchev–Trinajstić information content (AvgIpc) is 2.85. The van der Waals surface area contributed by atoms with Gasteiger partial charge in [-0.2, -0.15) is 0 Å². The van der Waals surface area contributed by atoms with Gasteiger partial charge in [-0.15, -0.1) is 0 Å². The topological polar surface area (TPSA) is 12.0 Å². The second-order valence-electron chi connectivity index (χ2n) is 5.28. The lowest BCUT2D eigenvalue weighted by molar-refractivity contribution is 0.717. The maximum atomic E-state index is 3.64. The van der Waals surface area contributed by atoms with Crippen molar-refractivity contribution in [3.63, 3.8) is 0 Å². The monoisotopic (exact) mass is 231 g/mol. The van der Waals surface area contributed by atoms with Crippen LogP contribution in [0.1, 0.15) is 57.4 Å². The smallest absolute Gasteiger partial charge is 0.0342 e. The van der Waals surface area contributed by atoms with E-state index in [4.69, 9.17) is 0 Å². The van der Waals surface area contributed by atoms with Gasteiger partial charge in [0.1, 0.15) is 0 Å². The Bertz CT molecular complexity index is 309. The van der Waals surface area contributed by atoms with Gasteiger partial charge in [0, 0.05) is 11.7 Å². The van der Waals surface area contributed by atoms with E-state index in [0.29, 0.717) is 0 Å². The fourth-order valence-electron chi connectivity index (χ4n) is 2.65. The molecule has 1 aliphatic carbocycles. The van der Waals surface area contributed by atoms with Crippen molar-refractivity contribution in [2.45, 2.75) is 64.3 Å². The first-order valence-corrected chi connectivity index (χ1v) is 7.24. The van der Waals surface area contributed by atoms with Crippen molar-refractivity contribution < 1.29 is 0 Å². The van der Waals surface area contributed by atoms with Gasteiger partial charge in [0.15, 0.2) is 0 Å². The molecule has 1 aliphatic rings. The second kappa shape index (κ2) is 6.68. The van der Waals surface area contributed by atoms with Crippen LogP contribution in [0.4, 0.5) is 5.69 Å². The van der Waals surface area contributed by atoms with E-state index in [0.717, 1.165) is 6.04 Å². The molecule has 0 heterocycles. The SMILES string of the molecule is CCCCCc1ccc(NC2CCCC2)cc1. The van der Waals surface area contributed by atoms with E-state index >= 15 is 0 Å². The van der Waals surface area contributed by atoms with Gasteiger partial charge in [-0.1, -0.05) is 44.7 Å². The van der Waals surface area contributed by atoms with Crippen LogP contribution >= 0.6 is 0 Å². The summed E-state index contributed by atoms with van der Waals surface area (Å²) in [5, 5.41) is 3.64. The zero-order valence-electron chi connectivity index (χ0n) is 11.0. The summed E-state index contributed by atoms with van der Waals surface area (Å²) in [5.41, 5.74) is 2.78. The molecule has 0 amide bonds. The average molecular weight is 231 g/mol. The highest BCUT2D eigenvalue weighted by molar-refractivity contribution is 5.45. The van der Waals surface area contributed by atoms with Crippen molar-refractivity contribution in [1.29, 1.82) is 0 Å². The van der Waals surface area contributed by atoms with Crippen molar-refractivity contribution in [3.8, 4) is 0 Å². The van der Waals surface area contributed by atoms with Crippen LogP contribution in [0.25, 0.3) is 0 Å². The first-order valence-electron chi connectivity index (χ1n) is 7.24. The molecule has 0 aromatic heterocycles. The van der Waals surface area contributed by atoms with Crippen LogP contribution < -0.4 is 5.32 Å². The van der Waals surface area contributed by atoms with Gasteiger partial charge in [0.25, 0.3) is 0 Å². The van der Waals surface area contributed by atoms with Crippen LogP contribution in [0.15, 0.2) is 24.3 Å². The highest BCUT2D eigenvalue weighted by Crippen LogP contribution is 2.22. The third-order valence-electron chi connectivity index (χ3n) is 3.75. The molecule has 1 aromatic rings. The van der Waals surface area contributed by atoms with Crippen LogP contribution in [0.5, 0.6) is 0 Å². The van der Waals surface area contributed by atoms with E-state index in [1.165, 1.54) is 62.6 Å². The van der Waals surface area contributed by atoms with Crippen LogP contribution in [-0.2, 0) is 6.42 Å². The molecule has 0 saturated heterocycles. The van der Waals surface area contributed by atoms with Gasteiger partial charge in [-0.3, -0.25) is 0 Å². The van der Waals surface area contributed by atoms with Crippen LogP contribution in [0.3, 0.4) is 0 Å². The van der Waals surface area contributed by atoms with Gasteiger partial charge in [0.05, 0.1) is 0 Å². The number of hydrogen-bond donors (Lipinski definition) is 1. The molecule has 17 heavy (non-hydrogen) atoms. The minimum atomic E-state index is 0.723. The number of anilines is 1. The number of nitrogens with one attached hydrogen (secondary N) is 1. The molecule has 94 valence electrons. The summed E-state index contributed by atoms with van der Waals surface area (Å²) in [6, 6.07) is 9.79. The molecule has 2 rings (SSSR count). The minimum Gasteiger partial charge on any atom is -0.382 e. The Balaban J connectivity index is 1.80. The number of hydrogen-bond acceptors (Lipinski definition) is 1. The summed E-state index contributed by atoms with van der Waals surface area (Å²) < 4.78 is 0. The van der Waals surface area contributed by atoms with E-state index in [2.05, 4.69) is 36.5 Å². The zero-order chi connectivity index (χ0) is 11.9. The summed E-state index contributed by atoms with van der Waals surface area (Å²) in [6.07, 6.45) is 10.7. The largest absolute Gasteiger partial charge is 0.382 e. The van der Waals surface area contributed by atoms with Crippen LogP contribution in [-0.4, -0.2) is 6.04 Å². The molecule has 1 nitrogen and oxygen atoms in total. The normalized spacial score (nSPS) is 16.3. The van der Waals surface area contributed by atoms with E-state index in [-0.39, 0.29) is 0 Å². The number of aryl methyl sites for hydroxylation is 1. The Morgan fingerprint density at radius 2 is 1.76 bits per heavy atom. The lowest BCUT2D eigenvalue weighted by atomic mass is 10.1. The Morgan fingerprint density at radius 1 is 1.06 bits per heavy atom. The fourth-order valence-corrected chi connectivity index (χ4v) is 2.65. The first kappa shape index (κ1) is 12.5. The Hall–Kier alpha value is -0.980. The molecule has 0 bridgehead atoms. The molecule has 0 aliphatic heterocycles. The molecule has 1 heteroatoms. The van der Waals surface area contributed by atoms with E-state index in [1.54, 1.807) is 0 Å². The Labute approximate surface area is 106 Å². The van der Waals surface area contributed by atoms with E-state index in [1.807, 2.05) is 0 Å². The predicted molar refractivity (Wildman–Crippen MR) is 75.5 cm³/mol. The first-order chi connectivity index (χ1) is 8.38. The second-order valence-corrected chi connectivity index (χ2v) is 5.28. The number of rotatable bonds is 6. The maximum absolute atomic E-state index is 3.64. The molecule has 1 N–H and O–H groups in total. The summed E-state index contributed by atoms with van der Waals surface area (Å²) in [7, 11) is 0. The van der Waals surface area contributed by atoms with Gasteiger partial charge in [-0.25, -0.2) is 0 Å². The summed E-state index contributed by atoms with van der Waals surface area (Å²) >= 11 is 0. The van der Waals surface area contributed by atoms with Gasteiger partial charge in [-0.05, 0) is 43.4 Å². The third-order valence-corrected chi connectivity index (χ3v) is 3.75. The highest BCUT2D eigenvalue weighted by atomic mass is 14.9. The lowest BCUT2D eigenvalue weighted by Crippen LogP contribution is -2.14. The van der Waals surface area contributed by atoms with Crippen molar-refractivity contribution in [1.82, 2.24) is 0 Å². The third kappa shape index (κ3) is 4.07. The van der Waals surface area contributed by atoms with E-state index in [9.17, 15) is 0 Å². The lowest BCUT2D eigenvalue weighted by Gasteiger charge is -2.13. The Morgan fingerprint density at radius 3 is 2.41 bits per heavy atom. The zero-order valence-corrected chi connectivity index (χ0v) is 11.0. The van der Waals surface area contributed by atoms with E-state index < -0.39 is 0 Å². The highest BCUT2D eigenvalue weighted by Gasteiger charge is 2.13. The van der Waals surface area contributed by atoms with Crippen molar-refractivity contribution in [2.75, 3.05) is 5.32 Å². The summed E-state index contributed by atoms with van der Waals surface area (Å²) in [6.45, 7) is 2.26. The molecule has 0 unspecified atom stereocenters. The molecule has 1 saturated carbocycles. The standard InChI is InChI=1S/C16H25N/c1-2-3-4-7-14-10-12-16(13-11-14)17-15-8-5-6-9-15/h10-13,15,17H,2-9H2,1H3. The molecule has 0 atom stereocenters. The molecule has 1 aromatic carbocycles. The maximum Gasteiger partial charge on any atom is 0.0342 e. The van der Waals surface area contributed by atoms with Crippen molar-refractivity contribution in [3.05, 3.63) is 29.8 Å². The molecule has 1 fully saturated rings. The molecular formula is C16H25N. The van der Waals surface area contributed by atoms with Crippen molar-refractivity contribution in [2.24, 2.45) is 0 Å². The van der Waals surface area contributed by atoms with Crippen LogP contribution in [0.2, 0.25) is 0 Å². The van der Waals surface area contributed by atoms with Crippen molar-refractivity contribution >= 4 is 5.69 Å². The quantitative estimate of drug-likeness (QED) is 0.695. The molecule has 0 spiro atoms. The Kier molecular flexibility index (Phi) is 4.90. The van der Waals surface area contributed by atoms with Crippen LogP contribution in [0, 0.1) is 0 Å². The van der Waals surface area contributed by atoms with Gasteiger partial charge < -0.3 is 5.32 Å². The number of benzene rings is 1. The van der Waals surface area contributed by atoms with Gasteiger partial charge >= 0.3 is 0 Å². The summed E-state index contributed by atoms with van der Waals surface area (Å²) in [4.78, 5) is 0. The number of unbranched alkanes of at least 4 members (excludes halogenated alkanes) is 2.